The Morgan fingerprint density at radius 3 is 2.69 bits per heavy atom. The minimum Gasteiger partial charge on any atom is -0.494 e. The predicted octanol–water partition coefficient (Wildman–Crippen LogP) is 3.44. The molecule has 0 bridgehead atoms. The fourth-order valence-electron chi connectivity index (χ4n) is 3.33. The van der Waals surface area contributed by atoms with Crippen molar-refractivity contribution < 1.29 is 24.5 Å². The fraction of sp³-hybridized carbons (Fsp3) is 0.269. The van der Waals surface area contributed by atoms with E-state index in [4.69, 9.17) is 25.4 Å². The van der Waals surface area contributed by atoms with E-state index in [-0.39, 0.29) is 35.2 Å². The molecule has 0 atom stereocenters. The number of fused-ring (bicyclic) bond motifs is 1. The lowest BCUT2D eigenvalue weighted by atomic mass is 10.0. The molecule has 0 spiro atoms. The number of rotatable bonds is 11. The van der Waals surface area contributed by atoms with Crippen molar-refractivity contribution >= 4 is 22.6 Å². The van der Waals surface area contributed by atoms with Gasteiger partial charge in [-0.15, -0.1) is 0 Å². The molecule has 4 rings (SSSR count). The highest BCUT2D eigenvalue weighted by Gasteiger charge is 2.17. The number of para-hydroxylation sites is 1. The highest BCUT2D eigenvalue weighted by molar-refractivity contribution is 6.07. The van der Waals surface area contributed by atoms with Crippen LogP contribution in [0, 0.1) is 0 Å². The Labute approximate surface area is 208 Å². The second-order valence-corrected chi connectivity index (χ2v) is 7.35. The van der Waals surface area contributed by atoms with Crippen molar-refractivity contribution in [1.82, 2.24) is 19.9 Å². The first kappa shape index (κ1) is 19.2. The fourth-order valence-corrected chi connectivity index (χ4v) is 3.33. The number of anilines is 1. The van der Waals surface area contributed by atoms with E-state index >= 15 is 0 Å². The number of ether oxygens (including phenoxy) is 3. The van der Waals surface area contributed by atoms with Gasteiger partial charge < -0.3 is 19.9 Å². The number of nitrogens with zero attached hydrogens (tertiary/aromatic N) is 4. The van der Waals surface area contributed by atoms with Gasteiger partial charge in [0.05, 0.1) is 19.9 Å². The highest BCUT2D eigenvalue weighted by atomic mass is 16.5. The summed E-state index contributed by atoms with van der Waals surface area (Å²) in [6.45, 7) is 0.631. The van der Waals surface area contributed by atoms with Crippen LogP contribution in [-0.4, -0.2) is 53.2 Å². The monoisotopic (exact) mass is 477 g/mol. The van der Waals surface area contributed by atoms with Crippen molar-refractivity contribution in [3.05, 3.63) is 77.5 Å². The predicted molar refractivity (Wildman–Crippen MR) is 132 cm³/mol. The summed E-state index contributed by atoms with van der Waals surface area (Å²) in [6, 6.07) is 10.8. The zero-order chi connectivity index (χ0) is 28.2. The van der Waals surface area contributed by atoms with Gasteiger partial charge in [0.25, 0.3) is 0 Å². The lowest BCUT2D eigenvalue weighted by molar-refractivity contribution is 0.0979. The Balaban J connectivity index is 1.62. The first-order valence-electron chi connectivity index (χ1n) is 12.8. The number of pyridine rings is 2. The van der Waals surface area contributed by atoms with E-state index in [1.165, 1.54) is 43.8 Å². The number of methoxy groups -OCH3 is 2. The lowest BCUT2D eigenvalue weighted by Gasteiger charge is -2.09. The van der Waals surface area contributed by atoms with Crippen LogP contribution in [0.2, 0.25) is 0 Å². The van der Waals surface area contributed by atoms with Gasteiger partial charge in [0.15, 0.2) is 5.78 Å². The standard InChI is InChI=1S/C26H27N5O4/c1-33-11-12-35-20-14-17(15-28-16-20)13-19-6-3-5-18(29-19)9-10-22(32)24-21-7-4-8-23(34-2)25(21)31-26(27)30-24/h3-8,14-16H,9-13H2,1-2H3,(H2,27,30,31)/i9D2,13D2. The molecule has 0 amide bonds. The number of ketones is 1. The van der Waals surface area contributed by atoms with Crippen LogP contribution in [0.15, 0.2) is 54.9 Å². The van der Waals surface area contributed by atoms with Crippen molar-refractivity contribution in [3.63, 3.8) is 0 Å². The minimum absolute atomic E-state index is 0.0388. The maximum Gasteiger partial charge on any atom is 0.221 e. The van der Waals surface area contributed by atoms with Crippen molar-refractivity contribution in [2.45, 2.75) is 19.2 Å². The van der Waals surface area contributed by atoms with E-state index in [1.807, 2.05) is 0 Å². The van der Waals surface area contributed by atoms with Crippen LogP contribution in [0.3, 0.4) is 0 Å². The summed E-state index contributed by atoms with van der Waals surface area (Å²) in [5, 5.41) is 0.377. The van der Waals surface area contributed by atoms with Crippen LogP contribution in [0.4, 0.5) is 5.95 Å². The molecule has 1 aromatic carbocycles. The molecule has 0 radical (unpaired) electrons. The van der Waals surface area contributed by atoms with Crippen LogP contribution in [0.25, 0.3) is 10.9 Å². The topological polar surface area (TPSA) is 122 Å². The first-order chi connectivity index (χ1) is 18.6. The van der Waals surface area contributed by atoms with Crippen LogP contribution < -0.4 is 15.2 Å². The third-order valence-electron chi connectivity index (χ3n) is 4.91. The van der Waals surface area contributed by atoms with Gasteiger partial charge in [0.2, 0.25) is 5.95 Å². The van der Waals surface area contributed by atoms with Crippen molar-refractivity contribution in [1.29, 1.82) is 0 Å². The van der Waals surface area contributed by atoms with Crippen LogP contribution in [0.1, 0.15) is 39.3 Å². The smallest absolute Gasteiger partial charge is 0.221 e. The van der Waals surface area contributed by atoms with Crippen molar-refractivity contribution in [2.24, 2.45) is 0 Å². The molecule has 9 nitrogen and oxygen atoms in total. The van der Waals surface area contributed by atoms with Gasteiger partial charge in [-0.2, -0.15) is 0 Å². The Bertz CT molecular complexity index is 1500. The first-order valence-corrected chi connectivity index (χ1v) is 10.8. The van der Waals surface area contributed by atoms with E-state index in [2.05, 4.69) is 19.9 Å². The number of hydrogen-bond donors (Lipinski definition) is 1. The van der Waals surface area contributed by atoms with Gasteiger partial charge in [-0.25, -0.2) is 9.97 Å². The van der Waals surface area contributed by atoms with Crippen molar-refractivity contribution in [3.8, 4) is 11.5 Å². The number of nitrogen functional groups attached to an aromatic ring is 1. The van der Waals surface area contributed by atoms with Gasteiger partial charge in [0, 0.05) is 48.4 Å². The van der Waals surface area contributed by atoms with Crippen LogP contribution >= 0.6 is 0 Å². The zero-order valence-electron chi connectivity index (χ0n) is 23.3. The van der Waals surface area contributed by atoms with E-state index < -0.39 is 24.9 Å². The third-order valence-corrected chi connectivity index (χ3v) is 4.91. The molecule has 9 heteroatoms. The number of aryl methyl sites for hydroxylation is 1. The molecular weight excluding hydrogens is 446 g/mol. The number of nitrogens with two attached hydrogens (primary N) is 1. The molecule has 0 aliphatic heterocycles. The quantitative estimate of drug-likeness (QED) is 0.256. The molecule has 0 saturated carbocycles. The Hall–Kier alpha value is -4.11. The molecule has 180 valence electrons. The normalized spacial score (nSPS) is 13.4. The molecule has 4 aromatic rings. The highest BCUT2D eigenvalue weighted by Crippen LogP contribution is 2.27. The number of hydrogen-bond acceptors (Lipinski definition) is 9. The van der Waals surface area contributed by atoms with E-state index in [0.29, 0.717) is 29.0 Å². The summed E-state index contributed by atoms with van der Waals surface area (Å²) in [5.74, 6) is -0.00431. The largest absolute Gasteiger partial charge is 0.494 e. The van der Waals surface area contributed by atoms with Gasteiger partial charge in [-0.05, 0) is 36.2 Å². The maximum atomic E-state index is 13.3. The summed E-state index contributed by atoms with van der Waals surface area (Å²) in [6.07, 6.45) is -2.17. The molecule has 0 fully saturated rings. The second kappa shape index (κ2) is 11.3. The third kappa shape index (κ3) is 6.07. The van der Waals surface area contributed by atoms with Gasteiger partial charge in [0.1, 0.15) is 29.3 Å². The minimum atomic E-state index is -2.25. The number of aromatic nitrogens is 4. The Morgan fingerprint density at radius 1 is 1.03 bits per heavy atom. The lowest BCUT2D eigenvalue weighted by Crippen LogP contribution is -2.09. The molecule has 3 aromatic heterocycles. The zero-order valence-corrected chi connectivity index (χ0v) is 19.3. The molecule has 0 aliphatic rings. The summed E-state index contributed by atoms with van der Waals surface area (Å²) in [7, 11) is 3.01. The van der Waals surface area contributed by atoms with E-state index in [9.17, 15) is 4.79 Å². The van der Waals surface area contributed by atoms with Gasteiger partial charge in [-0.3, -0.25) is 14.8 Å². The molecule has 2 N–H and O–H groups in total. The molecular formula is C26H27N5O4. The number of Topliss-reactive ketones (excluding diaryl/α,β-unsaturated/α-hetero) is 1. The summed E-state index contributed by atoms with van der Waals surface area (Å²) < 4.78 is 50.5. The average Bonchev–Trinajstić information content (AvgIpc) is 2.92. The Kier molecular flexibility index (Phi) is 6.23. The molecule has 35 heavy (non-hydrogen) atoms. The second-order valence-electron chi connectivity index (χ2n) is 7.35. The van der Waals surface area contributed by atoms with Gasteiger partial charge in [-0.1, -0.05) is 18.2 Å². The van der Waals surface area contributed by atoms with Crippen LogP contribution in [0.5, 0.6) is 11.5 Å². The molecule has 0 saturated heterocycles. The Morgan fingerprint density at radius 2 is 1.86 bits per heavy atom. The molecule has 0 aliphatic carbocycles. The number of carbonyl (C=O) groups excluding carboxylic acids is 1. The van der Waals surface area contributed by atoms with Crippen molar-refractivity contribution in [2.75, 3.05) is 33.2 Å². The van der Waals surface area contributed by atoms with E-state index in [0.717, 1.165) is 0 Å². The SMILES string of the molecule is [2H]C([2H])(CC(=O)c1nc(N)nc2c(OC)cccc12)c1cccc(C([2H])([2H])c2cncc(OCCOC)c2)n1. The average molecular weight is 478 g/mol. The summed E-state index contributed by atoms with van der Waals surface area (Å²) in [5.41, 5.74) is 6.15. The molecule has 0 unspecified atom stereocenters. The summed E-state index contributed by atoms with van der Waals surface area (Å²) >= 11 is 0. The molecule has 3 heterocycles. The van der Waals surface area contributed by atoms with Crippen LogP contribution in [-0.2, 0) is 17.5 Å². The summed E-state index contributed by atoms with van der Waals surface area (Å²) in [4.78, 5) is 29.9. The number of carbonyl (C=O) groups is 1. The van der Waals surface area contributed by atoms with E-state index in [1.54, 1.807) is 25.3 Å². The number of benzene rings is 1. The maximum absolute atomic E-state index is 13.3. The van der Waals surface area contributed by atoms with Gasteiger partial charge >= 0.3 is 0 Å².